The van der Waals surface area contributed by atoms with E-state index in [4.69, 9.17) is 0 Å². The van der Waals surface area contributed by atoms with Gasteiger partial charge in [-0.3, -0.25) is 0 Å². The van der Waals surface area contributed by atoms with Crippen LogP contribution in [0.25, 0.3) is 0 Å². The van der Waals surface area contributed by atoms with E-state index in [0.29, 0.717) is 0 Å². The molecule has 0 aromatic carbocycles. The summed E-state index contributed by atoms with van der Waals surface area (Å²) in [5.41, 5.74) is 0. The van der Waals surface area contributed by atoms with Crippen LogP contribution in [0.4, 0.5) is 0 Å². The highest BCUT2D eigenvalue weighted by atomic mass is 79.9. The van der Waals surface area contributed by atoms with Gasteiger partial charge in [-0.1, -0.05) is 0 Å². The van der Waals surface area contributed by atoms with Crippen molar-refractivity contribution in [2.24, 2.45) is 0 Å². The van der Waals surface area contributed by atoms with Gasteiger partial charge in [0.15, 0.2) is 0 Å². The van der Waals surface area contributed by atoms with E-state index in [-0.39, 0.29) is 0 Å². The summed E-state index contributed by atoms with van der Waals surface area (Å²) in [5.74, 6) is 0. The smallest absolute Gasteiger partial charge is 0.0300 e. The lowest BCUT2D eigenvalue weighted by molar-refractivity contribution is 0.394. The molecule has 0 bridgehead atoms. The molecule has 0 saturated heterocycles. The van der Waals surface area contributed by atoms with E-state index >= 15 is 0 Å². The van der Waals surface area contributed by atoms with Gasteiger partial charge in [-0.15, -0.1) is 11.3 Å². The number of hydrogen-bond acceptors (Lipinski definition) is 3. The van der Waals surface area contributed by atoms with Gasteiger partial charge in [-0.25, -0.2) is 0 Å². The standard InChI is InChI=1S/C10H17BrN2S/c1-13(2)5-3-4-12-7-10-6-9(11)8-14-10/h6,8,12H,3-5,7H2,1-2H3. The van der Waals surface area contributed by atoms with Gasteiger partial charge in [-0.2, -0.15) is 0 Å². The summed E-state index contributed by atoms with van der Waals surface area (Å²) in [4.78, 5) is 3.60. The van der Waals surface area contributed by atoms with E-state index in [9.17, 15) is 0 Å². The Balaban J connectivity index is 2.04. The van der Waals surface area contributed by atoms with Crippen molar-refractivity contribution in [3.8, 4) is 0 Å². The Labute approximate surface area is 98.4 Å². The monoisotopic (exact) mass is 276 g/mol. The molecule has 0 unspecified atom stereocenters. The molecule has 80 valence electrons. The number of hydrogen-bond donors (Lipinski definition) is 1. The number of rotatable bonds is 6. The lowest BCUT2D eigenvalue weighted by Crippen LogP contribution is -2.20. The molecule has 0 atom stereocenters. The second-order valence-corrected chi connectivity index (χ2v) is 5.48. The van der Waals surface area contributed by atoms with Crippen molar-refractivity contribution in [1.82, 2.24) is 10.2 Å². The third-order valence-electron chi connectivity index (χ3n) is 1.88. The highest BCUT2D eigenvalue weighted by molar-refractivity contribution is 9.10. The molecule has 1 heterocycles. The number of nitrogens with one attached hydrogen (secondary N) is 1. The summed E-state index contributed by atoms with van der Waals surface area (Å²) in [6, 6.07) is 2.17. The minimum Gasteiger partial charge on any atom is -0.312 e. The van der Waals surface area contributed by atoms with Crippen molar-refractivity contribution in [3.05, 3.63) is 20.8 Å². The zero-order valence-electron chi connectivity index (χ0n) is 8.72. The van der Waals surface area contributed by atoms with E-state index in [1.807, 2.05) is 0 Å². The number of nitrogens with zero attached hydrogens (tertiary/aromatic N) is 1. The van der Waals surface area contributed by atoms with Crippen molar-refractivity contribution >= 4 is 27.3 Å². The van der Waals surface area contributed by atoms with Crippen LogP contribution in [0.3, 0.4) is 0 Å². The molecule has 0 aliphatic carbocycles. The maximum absolute atomic E-state index is 3.45. The molecule has 0 aliphatic rings. The first kappa shape index (κ1) is 12.2. The fourth-order valence-electron chi connectivity index (χ4n) is 1.18. The summed E-state index contributed by atoms with van der Waals surface area (Å²) in [6.07, 6.45) is 1.21. The summed E-state index contributed by atoms with van der Waals surface area (Å²) >= 11 is 5.24. The van der Waals surface area contributed by atoms with E-state index in [1.165, 1.54) is 15.8 Å². The molecule has 2 nitrogen and oxygen atoms in total. The Morgan fingerprint density at radius 2 is 2.29 bits per heavy atom. The second kappa shape index (κ2) is 6.56. The Bertz CT molecular complexity index is 260. The van der Waals surface area contributed by atoms with Crippen LogP contribution in [0, 0.1) is 0 Å². The summed E-state index contributed by atoms with van der Waals surface area (Å²) in [5, 5.41) is 5.56. The van der Waals surface area contributed by atoms with Crippen molar-refractivity contribution < 1.29 is 0 Å². The molecule has 0 spiro atoms. The van der Waals surface area contributed by atoms with Gasteiger partial charge < -0.3 is 10.2 Å². The quantitative estimate of drug-likeness (QED) is 0.804. The van der Waals surface area contributed by atoms with Crippen LogP contribution in [0.15, 0.2) is 15.9 Å². The predicted molar refractivity (Wildman–Crippen MR) is 66.9 cm³/mol. The average molecular weight is 277 g/mol. The summed E-state index contributed by atoms with van der Waals surface area (Å²) < 4.78 is 1.19. The largest absolute Gasteiger partial charge is 0.312 e. The molecule has 0 radical (unpaired) electrons. The van der Waals surface area contributed by atoms with Crippen LogP contribution < -0.4 is 5.32 Å². The molecule has 0 saturated carbocycles. The van der Waals surface area contributed by atoms with Gasteiger partial charge in [-0.05, 0) is 55.6 Å². The highest BCUT2D eigenvalue weighted by Gasteiger charge is 1.96. The zero-order chi connectivity index (χ0) is 10.4. The van der Waals surface area contributed by atoms with Gasteiger partial charge >= 0.3 is 0 Å². The van der Waals surface area contributed by atoms with Crippen LogP contribution >= 0.6 is 27.3 Å². The molecule has 4 heteroatoms. The lowest BCUT2D eigenvalue weighted by Gasteiger charge is -2.09. The first-order valence-corrected chi connectivity index (χ1v) is 6.44. The highest BCUT2D eigenvalue weighted by Crippen LogP contribution is 2.19. The fraction of sp³-hybridized carbons (Fsp3) is 0.600. The Hall–Kier alpha value is 0.1000. The van der Waals surface area contributed by atoms with Gasteiger partial charge in [0.05, 0.1) is 0 Å². The van der Waals surface area contributed by atoms with Crippen LogP contribution in [0.5, 0.6) is 0 Å². The van der Waals surface area contributed by atoms with E-state index in [1.54, 1.807) is 11.3 Å². The van der Waals surface area contributed by atoms with Gasteiger partial charge in [0.25, 0.3) is 0 Å². The molecule has 0 aliphatic heterocycles. The molecule has 14 heavy (non-hydrogen) atoms. The number of halogens is 1. The number of thiophene rings is 1. The Morgan fingerprint density at radius 1 is 1.50 bits per heavy atom. The molecule has 0 fully saturated rings. The Kier molecular flexibility index (Phi) is 5.70. The lowest BCUT2D eigenvalue weighted by atomic mass is 10.4. The van der Waals surface area contributed by atoms with Gasteiger partial charge in [0.1, 0.15) is 0 Å². The first-order chi connectivity index (χ1) is 6.68. The molecule has 1 aromatic heterocycles. The molecular formula is C10H17BrN2S. The Morgan fingerprint density at radius 3 is 2.86 bits per heavy atom. The maximum Gasteiger partial charge on any atom is 0.0300 e. The van der Waals surface area contributed by atoms with E-state index in [0.717, 1.165) is 19.6 Å². The molecule has 1 N–H and O–H groups in total. The second-order valence-electron chi connectivity index (χ2n) is 3.56. The van der Waals surface area contributed by atoms with Crippen molar-refractivity contribution in [3.63, 3.8) is 0 Å². The first-order valence-electron chi connectivity index (χ1n) is 4.77. The van der Waals surface area contributed by atoms with Crippen molar-refractivity contribution in [1.29, 1.82) is 0 Å². The van der Waals surface area contributed by atoms with E-state index < -0.39 is 0 Å². The predicted octanol–water partition coefficient (Wildman–Crippen LogP) is 2.55. The minimum atomic E-state index is 0.990. The van der Waals surface area contributed by atoms with E-state index in [2.05, 4.69) is 51.7 Å². The van der Waals surface area contributed by atoms with Crippen LogP contribution in [-0.4, -0.2) is 32.1 Å². The summed E-state index contributed by atoms with van der Waals surface area (Å²) in [6.45, 7) is 3.23. The van der Waals surface area contributed by atoms with Crippen LogP contribution in [0.2, 0.25) is 0 Å². The third-order valence-corrected chi connectivity index (χ3v) is 3.58. The molecule has 1 aromatic rings. The minimum absolute atomic E-state index is 0.990. The van der Waals surface area contributed by atoms with Crippen LogP contribution in [-0.2, 0) is 6.54 Å². The summed E-state index contributed by atoms with van der Waals surface area (Å²) in [7, 11) is 4.22. The average Bonchev–Trinajstić information content (AvgIpc) is 2.50. The molecular weight excluding hydrogens is 260 g/mol. The van der Waals surface area contributed by atoms with Gasteiger partial charge in [0, 0.05) is 21.3 Å². The van der Waals surface area contributed by atoms with Gasteiger partial charge in [0.2, 0.25) is 0 Å². The van der Waals surface area contributed by atoms with Crippen molar-refractivity contribution in [2.45, 2.75) is 13.0 Å². The SMILES string of the molecule is CN(C)CCCNCc1cc(Br)cs1. The maximum atomic E-state index is 3.45. The molecule has 0 amide bonds. The topological polar surface area (TPSA) is 15.3 Å². The zero-order valence-corrected chi connectivity index (χ0v) is 11.1. The fourth-order valence-corrected chi connectivity index (χ4v) is 2.60. The van der Waals surface area contributed by atoms with Crippen molar-refractivity contribution in [2.75, 3.05) is 27.2 Å². The van der Waals surface area contributed by atoms with Crippen LogP contribution in [0.1, 0.15) is 11.3 Å². The molecule has 1 rings (SSSR count). The normalized spacial score (nSPS) is 11.1. The third kappa shape index (κ3) is 5.10.